The van der Waals surface area contributed by atoms with Crippen molar-refractivity contribution in [3.05, 3.63) is 77.2 Å². The van der Waals surface area contributed by atoms with E-state index in [1.54, 1.807) is 31.2 Å². The Balaban J connectivity index is 1.99. The molecule has 0 spiro atoms. The summed E-state index contributed by atoms with van der Waals surface area (Å²) in [5, 5.41) is 3.69. The number of hydrogen-bond donors (Lipinski definition) is 1. The Hall–Kier alpha value is -2.78. The fourth-order valence-corrected chi connectivity index (χ4v) is 4.43. The Morgan fingerprint density at radius 1 is 1.00 bits per heavy atom. The van der Waals surface area contributed by atoms with Gasteiger partial charge in [0.15, 0.2) is 5.76 Å². The predicted molar refractivity (Wildman–Crippen MR) is 97.7 cm³/mol. The van der Waals surface area contributed by atoms with Crippen LogP contribution in [0.3, 0.4) is 0 Å². The van der Waals surface area contributed by atoms with Gasteiger partial charge in [0.25, 0.3) is 0 Å². The monoisotopic (exact) mass is 408 g/mol. The van der Waals surface area contributed by atoms with Crippen molar-refractivity contribution in [1.29, 1.82) is 0 Å². The normalized spacial score (nSPS) is 12.9. The lowest BCUT2D eigenvalue weighted by molar-refractivity contribution is -0.0498. The number of ether oxygens (including phenoxy) is 1. The maximum atomic E-state index is 13.0. The number of sulfonamides is 1. The van der Waals surface area contributed by atoms with Crippen LogP contribution in [0.5, 0.6) is 5.75 Å². The quantitative estimate of drug-likeness (QED) is 0.640. The molecule has 0 saturated heterocycles. The molecule has 1 atom stereocenters. The lowest BCUT2D eigenvalue weighted by Gasteiger charge is -2.20. The first-order valence-corrected chi connectivity index (χ1v) is 9.81. The van der Waals surface area contributed by atoms with Crippen LogP contribution < -0.4 is 9.46 Å². The van der Waals surface area contributed by atoms with Crippen LogP contribution in [0, 0.1) is 13.8 Å². The van der Waals surface area contributed by atoms with E-state index in [1.165, 1.54) is 31.2 Å². The highest BCUT2D eigenvalue weighted by Crippen LogP contribution is 2.28. The number of benzene rings is 2. The number of nitrogens with zero attached hydrogens (tertiary/aromatic N) is 1. The highest BCUT2D eigenvalue weighted by atomic mass is 32.2. The Bertz CT molecular complexity index is 1020. The maximum Gasteiger partial charge on any atom is 0.387 e. The van der Waals surface area contributed by atoms with Gasteiger partial charge in [0.05, 0.1) is 6.04 Å². The van der Waals surface area contributed by atoms with Gasteiger partial charge < -0.3 is 9.26 Å². The Labute approximate surface area is 161 Å². The molecule has 1 N–H and O–H groups in total. The number of rotatable bonds is 7. The molecular weight excluding hydrogens is 390 g/mol. The molecule has 0 bridgehead atoms. The van der Waals surface area contributed by atoms with E-state index in [1.807, 2.05) is 6.07 Å². The zero-order valence-corrected chi connectivity index (χ0v) is 15.9. The van der Waals surface area contributed by atoms with Crippen LogP contribution in [0.25, 0.3) is 0 Å². The summed E-state index contributed by atoms with van der Waals surface area (Å²) in [7, 11) is -3.96. The number of halogens is 2. The number of alkyl halides is 2. The molecule has 1 aromatic heterocycles. The zero-order valence-electron chi connectivity index (χ0n) is 15.1. The molecule has 1 heterocycles. The van der Waals surface area contributed by atoms with Crippen molar-refractivity contribution in [3.8, 4) is 5.75 Å². The lowest BCUT2D eigenvalue weighted by atomic mass is 10.00. The third-order valence-corrected chi connectivity index (χ3v) is 5.75. The summed E-state index contributed by atoms with van der Waals surface area (Å²) in [6.45, 7) is 0.121. The van der Waals surface area contributed by atoms with Gasteiger partial charge in [0.2, 0.25) is 10.0 Å². The third kappa shape index (κ3) is 4.37. The van der Waals surface area contributed by atoms with Gasteiger partial charge in [0.1, 0.15) is 16.3 Å². The van der Waals surface area contributed by atoms with Crippen molar-refractivity contribution in [2.45, 2.75) is 31.4 Å². The average Bonchev–Trinajstić information content (AvgIpc) is 3.00. The first-order chi connectivity index (χ1) is 13.3. The first kappa shape index (κ1) is 20.0. The van der Waals surface area contributed by atoms with E-state index in [0.717, 1.165) is 0 Å². The van der Waals surface area contributed by atoms with Crippen molar-refractivity contribution in [2.75, 3.05) is 0 Å². The molecule has 0 saturated carbocycles. The van der Waals surface area contributed by atoms with Crippen molar-refractivity contribution in [3.63, 3.8) is 0 Å². The summed E-state index contributed by atoms with van der Waals surface area (Å²) in [5.74, 6) is 0.164. The van der Waals surface area contributed by atoms with E-state index in [0.29, 0.717) is 11.1 Å². The number of nitrogens with one attached hydrogen (secondary N) is 1. The Kier molecular flexibility index (Phi) is 5.76. The molecule has 0 unspecified atom stereocenters. The molecular formula is C19H18F2N2O4S. The predicted octanol–water partition coefficient (Wildman–Crippen LogP) is 3.96. The van der Waals surface area contributed by atoms with Gasteiger partial charge in [-0.1, -0.05) is 47.6 Å². The molecule has 28 heavy (non-hydrogen) atoms. The molecule has 0 aliphatic rings. The molecule has 3 rings (SSSR count). The second-order valence-electron chi connectivity index (χ2n) is 6.07. The summed E-state index contributed by atoms with van der Waals surface area (Å²) in [5.41, 5.74) is 1.49. The van der Waals surface area contributed by atoms with Gasteiger partial charge in [-0.3, -0.25) is 0 Å². The third-order valence-electron chi connectivity index (χ3n) is 4.08. The lowest BCUT2D eigenvalue weighted by Crippen LogP contribution is -2.30. The molecule has 3 aromatic rings. The van der Waals surface area contributed by atoms with Crippen LogP contribution in [0.2, 0.25) is 0 Å². The summed E-state index contributed by atoms with van der Waals surface area (Å²) < 4.78 is 62.7. The summed E-state index contributed by atoms with van der Waals surface area (Å²) in [6.07, 6.45) is 0. The topological polar surface area (TPSA) is 81.4 Å². The molecule has 6 nitrogen and oxygen atoms in total. The second-order valence-corrected chi connectivity index (χ2v) is 7.72. The van der Waals surface area contributed by atoms with E-state index < -0.39 is 22.7 Å². The van der Waals surface area contributed by atoms with Gasteiger partial charge >= 0.3 is 6.61 Å². The van der Waals surface area contributed by atoms with E-state index in [2.05, 4.69) is 14.6 Å². The van der Waals surface area contributed by atoms with Crippen molar-refractivity contribution in [1.82, 2.24) is 9.88 Å². The Morgan fingerprint density at radius 2 is 1.61 bits per heavy atom. The summed E-state index contributed by atoms with van der Waals surface area (Å²) in [6, 6.07) is 13.9. The second kappa shape index (κ2) is 8.07. The van der Waals surface area contributed by atoms with Crippen LogP contribution in [0.4, 0.5) is 8.78 Å². The molecule has 0 aliphatic carbocycles. The van der Waals surface area contributed by atoms with Crippen molar-refractivity contribution in [2.24, 2.45) is 0 Å². The molecule has 0 radical (unpaired) electrons. The maximum absolute atomic E-state index is 13.0. The van der Waals surface area contributed by atoms with E-state index in [4.69, 9.17) is 4.52 Å². The van der Waals surface area contributed by atoms with Gasteiger partial charge in [-0.25, -0.2) is 8.42 Å². The van der Waals surface area contributed by atoms with E-state index in [9.17, 15) is 17.2 Å². The SMILES string of the molecule is Cc1noc(C)c1S(=O)(=O)N[C@@H](c1ccccc1)c1ccc(OC(F)F)cc1. The van der Waals surface area contributed by atoms with Gasteiger partial charge in [-0.05, 0) is 37.1 Å². The van der Waals surface area contributed by atoms with Crippen LogP contribution in [-0.4, -0.2) is 20.2 Å². The molecule has 0 aliphatic heterocycles. The van der Waals surface area contributed by atoms with E-state index in [-0.39, 0.29) is 22.1 Å². The minimum atomic E-state index is -3.96. The highest BCUT2D eigenvalue weighted by Gasteiger charge is 2.28. The Morgan fingerprint density at radius 3 is 2.14 bits per heavy atom. The van der Waals surface area contributed by atoms with Crippen molar-refractivity contribution < 1.29 is 26.5 Å². The summed E-state index contributed by atoms with van der Waals surface area (Å²) in [4.78, 5) is -0.0221. The van der Waals surface area contributed by atoms with Crippen molar-refractivity contribution >= 4 is 10.0 Å². The van der Waals surface area contributed by atoms with E-state index >= 15 is 0 Å². The highest BCUT2D eigenvalue weighted by molar-refractivity contribution is 7.89. The standard InChI is InChI=1S/C19H18F2N2O4S/c1-12-18(13(2)27-22-12)28(24,25)23-17(14-6-4-3-5-7-14)15-8-10-16(11-9-15)26-19(20)21/h3-11,17,19,23H,1-2H3/t17-/m0/s1. The minimum Gasteiger partial charge on any atom is -0.435 e. The van der Waals surface area contributed by atoms with Gasteiger partial charge in [-0.2, -0.15) is 13.5 Å². The molecule has 148 valence electrons. The molecule has 0 fully saturated rings. The fraction of sp³-hybridized carbons (Fsp3) is 0.211. The number of aryl methyl sites for hydroxylation is 2. The molecule has 2 aromatic carbocycles. The summed E-state index contributed by atoms with van der Waals surface area (Å²) >= 11 is 0. The minimum absolute atomic E-state index is 0.0147. The van der Waals surface area contributed by atoms with Crippen LogP contribution in [-0.2, 0) is 10.0 Å². The fourth-order valence-electron chi connectivity index (χ4n) is 2.89. The molecule has 0 amide bonds. The van der Waals surface area contributed by atoms with Crippen LogP contribution >= 0.6 is 0 Å². The number of aromatic nitrogens is 1. The van der Waals surface area contributed by atoms with Crippen LogP contribution in [0.1, 0.15) is 28.6 Å². The first-order valence-electron chi connectivity index (χ1n) is 8.33. The largest absolute Gasteiger partial charge is 0.435 e. The zero-order chi connectivity index (χ0) is 20.3. The average molecular weight is 408 g/mol. The number of hydrogen-bond acceptors (Lipinski definition) is 5. The van der Waals surface area contributed by atoms with Crippen LogP contribution in [0.15, 0.2) is 64.0 Å². The van der Waals surface area contributed by atoms with Gasteiger partial charge in [-0.15, -0.1) is 0 Å². The smallest absolute Gasteiger partial charge is 0.387 e. The van der Waals surface area contributed by atoms with Gasteiger partial charge in [0, 0.05) is 0 Å². The molecule has 9 heteroatoms.